The molecular weight excluding hydrogens is 381 g/mol. The minimum absolute atomic E-state index is 0.0530. The highest BCUT2D eigenvalue weighted by Crippen LogP contribution is 2.28. The third kappa shape index (κ3) is 3.69. The van der Waals surface area contributed by atoms with Crippen LogP contribution in [0.3, 0.4) is 0 Å². The Kier molecular flexibility index (Phi) is 4.50. The van der Waals surface area contributed by atoms with E-state index in [1.807, 2.05) is 6.92 Å². The Morgan fingerprint density at radius 2 is 2.00 bits per heavy atom. The summed E-state index contributed by atoms with van der Waals surface area (Å²) in [6, 6.07) is 4.95. The Morgan fingerprint density at radius 1 is 1.33 bits per heavy atom. The monoisotopic (exact) mass is 391 g/mol. The Hall–Kier alpha value is -1.25. The average molecular weight is 392 g/mol. The van der Waals surface area contributed by atoms with Crippen molar-refractivity contribution in [1.29, 1.82) is 0 Å². The molecule has 0 atom stereocenters. The fraction of sp³-hybridized carbons (Fsp3) is 0.154. The number of nitrogens with one attached hydrogen (secondary N) is 1. The molecule has 0 aliphatic carbocycles. The number of aryl methyl sites for hydroxylation is 1. The van der Waals surface area contributed by atoms with Crippen molar-refractivity contribution in [1.82, 2.24) is 0 Å². The lowest BCUT2D eigenvalue weighted by molar-refractivity contribution is 0.103. The Bertz CT molecular complexity index is 795. The van der Waals surface area contributed by atoms with Gasteiger partial charge in [0.2, 0.25) is 0 Å². The summed E-state index contributed by atoms with van der Waals surface area (Å²) in [5, 5.41) is 2.39. The van der Waals surface area contributed by atoms with Crippen molar-refractivity contribution in [3.05, 3.63) is 44.3 Å². The number of hydrogen-bond donors (Lipinski definition) is 1. The summed E-state index contributed by atoms with van der Waals surface area (Å²) in [6.07, 6.45) is 1.02. The van der Waals surface area contributed by atoms with Crippen LogP contribution in [-0.4, -0.2) is 20.6 Å². The van der Waals surface area contributed by atoms with Gasteiger partial charge in [0.05, 0.1) is 19.2 Å². The van der Waals surface area contributed by atoms with Gasteiger partial charge in [-0.25, -0.2) is 12.8 Å². The molecule has 0 aliphatic rings. The molecule has 0 bridgehead atoms. The molecule has 1 heterocycles. The van der Waals surface area contributed by atoms with Crippen molar-refractivity contribution in [2.24, 2.45) is 0 Å². The standard InChI is InChI=1S/C13H11BrFNO3S2/c1-7-5-11(20-12(7)14)13(17)16-10-6-8(21(2,18)19)3-4-9(10)15/h3-6H,1-2H3,(H,16,17). The molecule has 1 amide bonds. The van der Waals surface area contributed by atoms with Gasteiger partial charge in [0.15, 0.2) is 9.84 Å². The topological polar surface area (TPSA) is 63.2 Å². The van der Waals surface area contributed by atoms with Crippen LogP contribution in [0.25, 0.3) is 0 Å². The van der Waals surface area contributed by atoms with Crippen LogP contribution in [-0.2, 0) is 9.84 Å². The van der Waals surface area contributed by atoms with Gasteiger partial charge in [-0.1, -0.05) is 0 Å². The molecule has 8 heteroatoms. The fourth-order valence-electron chi connectivity index (χ4n) is 1.59. The summed E-state index contributed by atoms with van der Waals surface area (Å²) in [5.74, 6) is -1.18. The second-order valence-electron chi connectivity index (χ2n) is 4.44. The normalized spacial score (nSPS) is 11.4. The van der Waals surface area contributed by atoms with E-state index in [-0.39, 0.29) is 10.6 Å². The van der Waals surface area contributed by atoms with Gasteiger partial charge in [-0.3, -0.25) is 4.79 Å². The van der Waals surface area contributed by atoms with Gasteiger partial charge in [-0.05, 0) is 52.7 Å². The zero-order valence-corrected chi connectivity index (χ0v) is 14.3. The molecule has 0 fully saturated rings. The first kappa shape index (κ1) is 16.1. The molecule has 0 unspecified atom stereocenters. The zero-order chi connectivity index (χ0) is 15.8. The van der Waals surface area contributed by atoms with Gasteiger partial charge in [-0.2, -0.15) is 0 Å². The van der Waals surface area contributed by atoms with E-state index in [4.69, 9.17) is 0 Å². The third-order valence-corrected chi connectivity index (χ3v) is 5.94. The first-order chi connectivity index (χ1) is 9.68. The van der Waals surface area contributed by atoms with Crippen LogP contribution in [0.1, 0.15) is 15.2 Å². The molecule has 112 valence electrons. The Balaban J connectivity index is 2.33. The lowest BCUT2D eigenvalue weighted by Crippen LogP contribution is -2.12. The van der Waals surface area contributed by atoms with Gasteiger partial charge in [-0.15, -0.1) is 11.3 Å². The summed E-state index contributed by atoms with van der Waals surface area (Å²) < 4.78 is 37.4. The SMILES string of the molecule is Cc1cc(C(=O)Nc2cc(S(C)(=O)=O)ccc2F)sc1Br. The van der Waals surface area contributed by atoms with Gasteiger partial charge < -0.3 is 5.32 Å². The molecule has 0 radical (unpaired) electrons. The average Bonchev–Trinajstić information content (AvgIpc) is 2.71. The van der Waals surface area contributed by atoms with Gasteiger partial charge in [0.1, 0.15) is 5.82 Å². The predicted octanol–water partition coefficient (Wildman–Crippen LogP) is 3.61. The number of hydrogen-bond acceptors (Lipinski definition) is 4. The molecule has 1 aromatic carbocycles. The van der Waals surface area contributed by atoms with E-state index >= 15 is 0 Å². The molecule has 0 saturated carbocycles. The molecule has 1 N–H and O–H groups in total. The minimum atomic E-state index is -3.47. The van der Waals surface area contributed by atoms with E-state index < -0.39 is 21.6 Å². The number of carbonyl (C=O) groups is 1. The molecule has 0 saturated heterocycles. The number of amides is 1. The lowest BCUT2D eigenvalue weighted by Gasteiger charge is -2.07. The highest BCUT2D eigenvalue weighted by atomic mass is 79.9. The van der Waals surface area contributed by atoms with Crippen molar-refractivity contribution < 1.29 is 17.6 Å². The number of anilines is 1. The summed E-state index contributed by atoms with van der Waals surface area (Å²) in [7, 11) is -3.47. The van der Waals surface area contributed by atoms with Crippen molar-refractivity contribution in [3.8, 4) is 0 Å². The number of carbonyl (C=O) groups excluding carboxylic acids is 1. The zero-order valence-electron chi connectivity index (χ0n) is 11.1. The van der Waals surface area contributed by atoms with Crippen LogP contribution in [0.2, 0.25) is 0 Å². The Morgan fingerprint density at radius 3 is 2.52 bits per heavy atom. The van der Waals surface area contributed by atoms with Crippen LogP contribution in [0, 0.1) is 12.7 Å². The molecular formula is C13H11BrFNO3S2. The maximum absolute atomic E-state index is 13.7. The van der Waals surface area contributed by atoms with E-state index in [1.54, 1.807) is 6.07 Å². The van der Waals surface area contributed by atoms with Crippen molar-refractivity contribution >= 4 is 48.7 Å². The van der Waals surface area contributed by atoms with Crippen LogP contribution < -0.4 is 5.32 Å². The second-order valence-corrected chi connectivity index (χ2v) is 8.82. The summed E-state index contributed by atoms with van der Waals surface area (Å²) in [4.78, 5) is 12.4. The van der Waals surface area contributed by atoms with E-state index in [0.717, 1.165) is 33.8 Å². The van der Waals surface area contributed by atoms with E-state index in [2.05, 4.69) is 21.2 Å². The molecule has 0 aliphatic heterocycles. The summed E-state index contributed by atoms with van der Waals surface area (Å²) in [6.45, 7) is 1.84. The third-order valence-electron chi connectivity index (χ3n) is 2.70. The number of benzene rings is 1. The molecule has 21 heavy (non-hydrogen) atoms. The van der Waals surface area contributed by atoms with Crippen molar-refractivity contribution in [2.45, 2.75) is 11.8 Å². The second kappa shape index (κ2) is 5.86. The van der Waals surface area contributed by atoms with Crippen LogP contribution in [0.5, 0.6) is 0 Å². The fourth-order valence-corrected chi connectivity index (χ4v) is 3.66. The largest absolute Gasteiger partial charge is 0.319 e. The molecule has 2 rings (SSSR count). The summed E-state index contributed by atoms with van der Waals surface area (Å²) >= 11 is 4.53. The predicted molar refractivity (Wildman–Crippen MR) is 84.2 cm³/mol. The Labute approximate surface area is 134 Å². The summed E-state index contributed by atoms with van der Waals surface area (Å²) in [5.41, 5.74) is 0.737. The molecule has 0 spiro atoms. The number of rotatable bonds is 3. The minimum Gasteiger partial charge on any atom is -0.319 e. The highest BCUT2D eigenvalue weighted by Gasteiger charge is 2.16. The number of sulfone groups is 1. The first-order valence-corrected chi connectivity index (χ1v) is 9.25. The maximum atomic E-state index is 13.7. The molecule has 2 aromatic rings. The maximum Gasteiger partial charge on any atom is 0.265 e. The van der Waals surface area contributed by atoms with E-state index in [1.165, 1.54) is 11.3 Å². The van der Waals surface area contributed by atoms with Crippen LogP contribution in [0.4, 0.5) is 10.1 Å². The molecule has 4 nitrogen and oxygen atoms in total. The number of halogens is 2. The lowest BCUT2D eigenvalue weighted by atomic mass is 10.3. The van der Waals surface area contributed by atoms with Crippen LogP contribution >= 0.6 is 27.3 Å². The quantitative estimate of drug-likeness (QED) is 0.812. The van der Waals surface area contributed by atoms with E-state index in [0.29, 0.717) is 4.88 Å². The van der Waals surface area contributed by atoms with Crippen molar-refractivity contribution in [3.63, 3.8) is 0 Å². The smallest absolute Gasteiger partial charge is 0.265 e. The van der Waals surface area contributed by atoms with Gasteiger partial charge in [0.25, 0.3) is 5.91 Å². The van der Waals surface area contributed by atoms with Gasteiger partial charge in [0, 0.05) is 6.26 Å². The molecule has 1 aromatic heterocycles. The highest BCUT2D eigenvalue weighted by molar-refractivity contribution is 9.11. The van der Waals surface area contributed by atoms with Crippen molar-refractivity contribution in [2.75, 3.05) is 11.6 Å². The van der Waals surface area contributed by atoms with Crippen LogP contribution in [0.15, 0.2) is 32.9 Å². The van der Waals surface area contributed by atoms with Gasteiger partial charge >= 0.3 is 0 Å². The first-order valence-electron chi connectivity index (χ1n) is 5.75. The van der Waals surface area contributed by atoms with E-state index in [9.17, 15) is 17.6 Å². The number of thiophene rings is 1.